The van der Waals surface area contributed by atoms with Gasteiger partial charge < -0.3 is 4.74 Å². The summed E-state index contributed by atoms with van der Waals surface area (Å²) < 4.78 is 6.16. The summed E-state index contributed by atoms with van der Waals surface area (Å²) in [6.07, 6.45) is 1.52. The Hall–Kier alpha value is -1.60. The minimum atomic E-state index is 0.447. The van der Waals surface area contributed by atoms with Crippen LogP contribution in [0.15, 0.2) is 28.9 Å². The van der Waals surface area contributed by atoms with E-state index in [2.05, 4.69) is 27.0 Å². The second-order valence-electron chi connectivity index (χ2n) is 2.98. The van der Waals surface area contributed by atoms with Gasteiger partial charge in [0.2, 0.25) is 0 Å². The van der Waals surface area contributed by atoms with Gasteiger partial charge in [-0.1, -0.05) is 15.9 Å². The summed E-state index contributed by atoms with van der Waals surface area (Å²) in [6, 6.07) is 7.73. The van der Waals surface area contributed by atoms with Crippen molar-refractivity contribution in [2.75, 3.05) is 7.11 Å². The van der Waals surface area contributed by atoms with Crippen molar-refractivity contribution in [1.29, 1.82) is 5.26 Å². The van der Waals surface area contributed by atoms with Crippen LogP contribution in [-0.2, 0) is 0 Å². The third-order valence-electron chi connectivity index (χ3n) is 2.11. The fraction of sp³-hybridized carbons (Fsp3) is 0.0909. The molecule has 2 aromatic rings. The van der Waals surface area contributed by atoms with Crippen LogP contribution in [0.1, 0.15) is 5.56 Å². The molecule has 0 aliphatic carbocycles. The van der Waals surface area contributed by atoms with Crippen molar-refractivity contribution >= 4 is 26.8 Å². The van der Waals surface area contributed by atoms with E-state index in [0.717, 1.165) is 15.4 Å². The molecule has 0 saturated carbocycles. The molecule has 2 rings (SSSR count). The number of fused-ring (bicyclic) bond motifs is 1. The highest BCUT2D eigenvalue weighted by molar-refractivity contribution is 9.10. The molecule has 1 aromatic heterocycles. The van der Waals surface area contributed by atoms with Gasteiger partial charge in [-0.3, -0.25) is 4.98 Å². The van der Waals surface area contributed by atoms with E-state index in [1.165, 1.54) is 6.20 Å². The van der Waals surface area contributed by atoms with E-state index in [9.17, 15) is 0 Å². The summed E-state index contributed by atoms with van der Waals surface area (Å²) in [5.74, 6) is 0.573. The van der Waals surface area contributed by atoms with Crippen LogP contribution in [0.2, 0.25) is 0 Å². The van der Waals surface area contributed by atoms with Gasteiger partial charge in [-0.2, -0.15) is 5.26 Å². The molecule has 0 amide bonds. The monoisotopic (exact) mass is 262 g/mol. The van der Waals surface area contributed by atoms with Crippen LogP contribution >= 0.6 is 15.9 Å². The van der Waals surface area contributed by atoms with Crippen molar-refractivity contribution in [2.45, 2.75) is 0 Å². The summed E-state index contributed by atoms with van der Waals surface area (Å²) >= 11 is 3.38. The Morgan fingerprint density at radius 3 is 2.93 bits per heavy atom. The maximum absolute atomic E-state index is 8.90. The van der Waals surface area contributed by atoms with Gasteiger partial charge in [0.1, 0.15) is 17.4 Å². The summed E-state index contributed by atoms with van der Waals surface area (Å²) in [7, 11) is 1.55. The highest BCUT2D eigenvalue weighted by Gasteiger charge is 2.08. The molecule has 0 N–H and O–H groups in total. The maximum atomic E-state index is 8.90. The molecule has 0 fully saturated rings. The number of benzene rings is 1. The Morgan fingerprint density at radius 2 is 2.27 bits per heavy atom. The first kappa shape index (κ1) is 9.94. The molecule has 0 bridgehead atoms. The Kier molecular flexibility index (Phi) is 2.57. The van der Waals surface area contributed by atoms with Crippen LogP contribution in [0.5, 0.6) is 5.75 Å². The molecule has 0 saturated heterocycles. The highest BCUT2D eigenvalue weighted by Crippen LogP contribution is 2.29. The van der Waals surface area contributed by atoms with E-state index in [4.69, 9.17) is 10.00 Å². The van der Waals surface area contributed by atoms with E-state index in [1.54, 1.807) is 7.11 Å². The molecular weight excluding hydrogens is 256 g/mol. The smallest absolute Gasteiger partial charge is 0.147 e. The predicted octanol–water partition coefficient (Wildman–Crippen LogP) is 2.88. The maximum Gasteiger partial charge on any atom is 0.147 e. The molecule has 74 valence electrons. The molecule has 15 heavy (non-hydrogen) atoms. The van der Waals surface area contributed by atoms with Crippen LogP contribution in [0.3, 0.4) is 0 Å². The number of nitriles is 1. The van der Waals surface area contributed by atoms with Crippen molar-refractivity contribution in [1.82, 2.24) is 4.98 Å². The lowest BCUT2D eigenvalue weighted by atomic mass is 10.1. The third kappa shape index (κ3) is 1.66. The molecule has 4 heteroatoms. The fourth-order valence-corrected chi connectivity index (χ4v) is 1.80. The fourth-order valence-electron chi connectivity index (χ4n) is 1.44. The lowest BCUT2D eigenvalue weighted by Gasteiger charge is -2.06. The number of methoxy groups -OCH3 is 1. The Labute approximate surface area is 95.4 Å². The zero-order chi connectivity index (χ0) is 10.8. The van der Waals surface area contributed by atoms with Gasteiger partial charge in [0, 0.05) is 16.1 Å². The molecule has 0 aliphatic rings. The van der Waals surface area contributed by atoms with Gasteiger partial charge in [-0.05, 0) is 18.2 Å². The SMILES string of the molecule is COc1c(C#N)cnc2ccc(Br)cc12. The lowest BCUT2D eigenvalue weighted by Crippen LogP contribution is -1.91. The number of pyridine rings is 1. The van der Waals surface area contributed by atoms with Crippen molar-refractivity contribution in [3.63, 3.8) is 0 Å². The molecule has 0 spiro atoms. The number of hydrogen-bond acceptors (Lipinski definition) is 3. The standard InChI is InChI=1S/C11H7BrN2O/c1-15-11-7(5-13)6-14-10-3-2-8(12)4-9(10)11/h2-4,6H,1H3. The van der Waals surface area contributed by atoms with Crippen LogP contribution < -0.4 is 4.74 Å². The largest absolute Gasteiger partial charge is 0.495 e. The topological polar surface area (TPSA) is 45.9 Å². The first-order valence-corrected chi connectivity index (χ1v) is 5.08. The molecule has 1 aromatic carbocycles. The van der Waals surface area contributed by atoms with Crippen molar-refractivity contribution in [3.05, 3.63) is 34.4 Å². The van der Waals surface area contributed by atoms with Gasteiger partial charge in [-0.25, -0.2) is 0 Å². The Bertz CT molecular complexity index is 560. The normalized spacial score (nSPS) is 9.93. The van der Waals surface area contributed by atoms with Gasteiger partial charge >= 0.3 is 0 Å². The second-order valence-corrected chi connectivity index (χ2v) is 3.89. The van der Waals surface area contributed by atoms with Gasteiger partial charge in [0.15, 0.2) is 0 Å². The minimum Gasteiger partial charge on any atom is -0.495 e. The van der Waals surface area contributed by atoms with Crippen molar-refractivity contribution in [2.24, 2.45) is 0 Å². The molecule has 3 nitrogen and oxygen atoms in total. The zero-order valence-electron chi connectivity index (χ0n) is 7.99. The summed E-state index contributed by atoms with van der Waals surface area (Å²) in [5, 5.41) is 9.74. The Balaban J connectivity index is 2.86. The summed E-state index contributed by atoms with van der Waals surface area (Å²) in [4.78, 5) is 4.18. The van der Waals surface area contributed by atoms with Gasteiger partial charge in [-0.15, -0.1) is 0 Å². The molecular formula is C11H7BrN2O. The number of nitrogens with zero attached hydrogens (tertiary/aromatic N) is 2. The van der Waals surface area contributed by atoms with Crippen LogP contribution in [-0.4, -0.2) is 12.1 Å². The van der Waals surface area contributed by atoms with E-state index in [-0.39, 0.29) is 0 Å². The molecule has 0 aliphatic heterocycles. The minimum absolute atomic E-state index is 0.447. The van der Waals surface area contributed by atoms with Gasteiger partial charge in [0.05, 0.1) is 12.6 Å². The first-order valence-electron chi connectivity index (χ1n) is 4.28. The average Bonchev–Trinajstić information content (AvgIpc) is 2.27. The second kappa shape index (κ2) is 3.87. The van der Waals surface area contributed by atoms with Crippen LogP contribution in [0.25, 0.3) is 10.9 Å². The molecule has 0 unspecified atom stereocenters. The number of rotatable bonds is 1. The third-order valence-corrected chi connectivity index (χ3v) is 2.60. The Morgan fingerprint density at radius 1 is 1.47 bits per heavy atom. The number of hydrogen-bond donors (Lipinski definition) is 0. The van der Waals surface area contributed by atoms with E-state index >= 15 is 0 Å². The quantitative estimate of drug-likeness (QED) is 0.794. The van der Waals surface area contributed by atoms with Crippen LogP contribution in [0.4, 0.5) is 0 Å². The molecule has 0 atom stereocenters. The van der Waals surface area contributed by atoms with E-state index in [1.807, 2.05) is 18.2 Å². The van der Waals surface area contributed by atoms with E-state index in [0.29, 0.717) is 11.3 Å². The number of ether oxygens (including phenoxy) is 1. The number of halogens is 1. The first-order chi connectivity index (χ1) is 7.26. The molecule has 0 radical (unpaired) electrons. The number of aromatic nitrogens is 1. The van der Waals surface area contributed by atoms with Crippen LogP contribution in [0, 0.1) is 11.3 Å². The summed E-state index contributed by atoms with van der Waals surface area (Å²) in [6.45, 7) is 0. The van der Waals surface area contributed by atoms with Crippen molar-refractivity contribution < 1.29 is 4.74 Å². The van der Waals surface area contributed by atoms with E-state index < -0.39 is 0 Å². The average molecular weight is 263 g/mol. The lowest BCUT2D eigenvalue weighted by molar-refractivity contribution is 0.418. The zero-order valence-corrected chi connectivity index (χ0v) is 9.58. The summed E-state index contributed by atoms with van der Waals surface area (Å²) in [5.41, 5.74) is 1.26. The molecule has 1 heterocycles. The van der Waals surface area contributed by atoms with Gasteiger partial charge in [0.25, 0.3) is 0 Å². The predicted molar refractivity (Wildman–Crippen MR) is 60.7 cm³/mol. The highest BCUT2D eigenvalue weighted by atomic mass is 79.9. The van der Waals surface area contributed by atoms with Crippen molar-refractivity contribution in [3.8, 4) is 11.8 Å².